The minimum absolute atomic E-state index is 0.552. The maximum absolute atomic E-state index is 2.63. The van der Waals surface area contributed by atoms with Crippen LogP contribution in [-0.2, 0) is 13.1 Å². The van der Waals surface area contributed by atoms with Gasteiger partial charge in [-0.2, -0.15) is 0 Å². The molecule has 3 rings (SSSR count). The molecule has 1 aliphatic rings. The van der Waals surface area contributed by atoms with E-state index >= 15 is 0 Å². The summed E-state index contributed by atoms with van der Waals surface area (Å²) in [6.45, 7) is 2.04. The van der Waals surface area contributed by atoms with Crippen LogP contribution in [0.15, 0.2) is 72.8 Å². The molecule has 1 nitrogen and oxygen atoms in total. The molecule has 0 saturated heterocycles. The molecule has 1 heteroatoms. The van der Waals surface area contributed by atoms with Crippen LogP contribution in [0.25, 0.3) is 0 Å². The number of benzene rings is 2. The quantitative estimate of drug-likeness (QED) is 0.652. The molecule has 0 spiro atoms. The standard InChI is InChI=1S/C22H27N/c1-2-10-16-22(17-11-3-1)23(18-20-12-6-4-7-13-20)19-21-14-8-5-9-15-21/h4-10,12-16,22H,1-3,11,17-19H2/b16-10-/t22-/m0/s1. The van der Waals surface area contributed by atoms with E-state index in [1.54, 1.807) is 0 Å². The first-order valence-corrected chi connectivity index (χ1v) is 8.90. The summed E-state index contributed by atoms with van der Waals surface area (Å²) in [5.41, 5.74) is 2.80. The van der Waals surface area contributed by atoms with Crippen molar-refractivity contribution in [1.29, 1.82) is 0 Å². The average molecular weight is 305 g/mol. The monoisotopic (exact) mass is 305 g/mol. The molecular formula is C22H27N. The lowest BCUT2D eigenvalue weighted by Crippen LogP contribution is -2.33. The van der Waals surface area contributed by atoms with Crippen molar-refractivity contribution >= 4 is 0 Å². The Bertz CT molecular complexity index is 546. The lowest BCUT2D eigenvalue weighted by atomic mass is 10.00. The Balaban J connectivity index is 1.78. The molecule has 0 amide bonds. The van der Waals surface area contributed by atoms with Crippen LogP contribution in [0, 0.1) is 0 Å². The maximum atomic E-state index is 2.63. The van der Waals surface area contributed by atoms with Gasteiger partial charge in [-0.1, -0.05) is 85.7 Å². The molecule has 0 radical (unpaired) electrons. The number of hydrogen-bond donors (Lipinski definition) is 0. The van der Waals surface area contributed by atoms with Gasteiger partial charge in [-0.15, -0.1) is 0 Å². The van der Waals surface area contributed by atoms with Gasteiger partial charge >= 0.3 is 0 Å². The zero-order valence-electron chi connectivity index (χ0n) is 13.9. The second-order valence-corrected chi connectivity index (χ2v) is 6.51. The predicted molar refractivity (Wildman–Crippen MR) is 98.1 cm³/mol. The second-order valence-electron chi connectivity index (χ2n) is 6.51. The van der Waals surface area contributed by atoms with Crippen molar-refractivity contribution in [3.05, 3.63) is 83.9 Å². The van der Waals surface area contributed by atoms with E-state index in [0.29, 0.717) is 6.04 Å². The third-order valence-corrected chi connectivity index (χ3v) is 4.65. The highest BCUT2D eigenvalue weighted by Gasteiger charge is 2.17. The van der Waals surface area contributed by atoms with Crippen molar-refractivity contribution in [1.82, 2.24) is 4.90 Å². The van der Waals surface area contributed by atoms with Crippen molar-refractivity contribution in [3.63, 3.8) is 0 Å². The summed E-state index contributed by atoms with van der Waals surface area (Å²) in [7, 11) is 0. The molecule has 2 aromatic rings. The van der Waals surface area contributed by atoms with Gasteiger partial charge in [-0.3, -0.25) is 4.90 Å². The second kappa shape index (κ2) is 8.69. The molecule has 23 heavy (non-hydrogen) atoms. The van der Waals surface area contributed by atoms with Crippen LogP contribution in [0.3, 0.4) is 0 Å². The average Bonchev–Trinajstić information content (AvgIpc) is 2.56. The van der Waals surface area contributed by atoms with Crippen molar-refractivity contribution in [2.45, 2.75) is 51.2 Å². The topological polar surface area (TPSA) is 3.24 Å². The number of nitrogens with zero attached hydrogens (tertiary/aromatic N) is 1. The van der Waals surface area contributed by atoms with E-state index in [-0.39, 0.29) is 0 Å². The van der Waals surface area contributed by atoms with E-state index in [9.17, 15) is 0 Å². The van der Waals surface area contributed by atoms with Gasteiger partial charge in [0.2, 0.25) is 0 Å². The van der Waals surface area contributed by atoms with E-state index < -0.39 is 0 Å². The molecule has 0 fully saturated rings. The van der Waals surface area contributed by atoms with Crippen molar-refractivity contribution < 1.29 is 0 Å². The van der Waals surface area contributed by atoms with Crippen molar-refractivity contribution in [2.24, 2.45) is 0 Å². The molecule has 0 saturated carbocycles. The Morgan fingerprint density at radius 1 is 0.739 bits per heavy atom. The molecular weight excluding hydrogens is 278 g/mol. The summed E-state index contributed by atoms with van der Waals surface area (Å²) in [6.07, 6.45) is 11.4. The molecule has 0 N–H and O–H groups in total. The van der Waals surface area contributed by atoms with Crippen LogP contribution < -0.4 is 0 Å². The summed E-state index contributed by atoms with van der Waals surface area (Å²) in [5.74, 6) is 0. The van der Waals surface area contributed by atoms with E-state index in [1.165, 1.54) is 43.2 Å². The molecule has 120 valence electrons. The number of hydrogen-bond acceptors (Lipinski definition) is 1. The van der Waals surface area contributed by atoms with Gasteiger partial charge in [0.05, 0.1) is 0 Å². The molecule has 0 aliphatic heterocycles. The van der Waals surface area contributed by atoms with Crippen LogP contribution in [0.5, 0.6) is 0 Å². The zero-order valence-corrected chi connectivity index (χ0v) is 13.9. The third kappa shape index (κ3) is 5.07. The van der Waals surface area contributed by atoms with Crippen LogP contribution in [0.2, 0.25) is 0 Å². The van der Waals surface area contributed by atoms with Gasteiger partial charge in [0, 0.05) is 19.1 Å². The van der Waals surface area contributed by atoms with Crippen molar-refractivity contribution in [3.8, 4) is 0 Å². The summed E-state index contributed by atoms with van der Waals surface area (Å²) in [6, 6.07) is 22.3. The lowest BCUT2D eigenvalue weighted by molar-refractivity contribution is 0.197. The van der Waals surface area contributed by atoms with Gasteiger partial charge in [0.1, 0.15) is 0 Å². The Morgan fingerprint density at radius 2 is 1.35 bits per heavy atom. The fourth-order valence-electron chi connectivity index (χ4n) is 3.37. The highest BCUT2D eigenvalue weighted by atomic mass is 15.1. The SMILES string of the molecule is C1=C\[C@H](N(Cc2ccccc2)Cc2ccccc2)CCCCC/1. The first-order chi connectivity index (χ1) is 11.4. The van der Waals surface area contributed by atoms with E-state index in [1.807, 2.05) is 0 Å². The van der Waals surface area contributed by atoms with E-state index in [2.05, 4.69) is 77.7 Å². The molecule has 0 bridgehead atoms. The minimum atomic E-state index is 0.552. The van der Waals surface area contributed by atoms with Crippen molar-refractivity contribution in [2.75, 3.05) is 0 Å². The third-order valence-electron chi connectivity index (χ3n) is 4.65. The van der Waals surface area contributed by atoms with Gasteiger partial charge in [0.15, 0.2) is 0 Å². The molecule has 0 unspecified atom stereocenters. The summed E-state index contributed by atoms with van der Waals surface area (Å²) in [5, 5.41) is 0. The molecule has 2 aromatic carbocycles. The van der Waals surface area contributed by atoms with Crippen LogP contribution in [-0.4, -0.2) is 10.9 Å². The van der Waals surface area contributed by atoms with Crippen LogP contribution in [0.1, 0.15) is 43.2 Å². The highest BCUT2D eigenvalue weighted by Crippen LogP contribution is 2.21. The molecule has 1 aliphatic carbocycles. The van der Waals surface area contributed by atoms with Crippen LogP contribution in [0.4, 0.5) is 0 Å². The van der Waals surface area contributed by atoms with Gasteiger partial charge in [-0.05, 0) is 30.4 Å². The van der Waals surface area contributed by atoms with E-state index in [4.69, 9.17) is 0 Å². The minimum Gasteiger partial charge on any atom is -0.288 e. The molecule has 0 heterocycles. The Labute approximate surface area is 140 Å². The first-order valence-electron chi connectivity index (χ1n) is 8.90. The largest absolute Gasteiger partial charge is 0.288 e. The molecule has 0 aromatic heterocycles. The van der Waals surface area contributed by atoms with Gasteiger partial charge < -0.3 is 0 Å². The maximum Gasteiger partial charge on any atom is 0.0285 e. The summed E-state index contributed by atoms with van der Waals surface area (Å²) in [4.78, 5) is 2.63. The lowest BCUT2D eigenvalue weighted by Gasteiger charge is -2.31. The Hall–Kier alpha value is -1.86. The van der Waals surface area contributed by atoms with E-state index in [0.717, 1.165) is 13.1 Å². The molecule has 1 atom stereocenters. The highest BCUT2D eigenvalue weighted by molar-refractivity contribution is 5.18. The summed E-state index contributed by atoms with van der Waals surface area (Å²) >= 11 is 0. The smallest absolute Gasteiger partial charge is 0.0285 e. The Morgan fingerprint density at radius 3 is 1.96 bits per heavy atom. The zero-order chi connectivity index (χ0) is 15.7. The van der Waals surface area contributed by atoms with Gasteiger partial charge in [-0.25, -0.2) is 0 Å². The number of allylic oxidation sites excluding steroid dienone is 1. The summed E-state index contributed by atoms with van der Waals surface area (Å²) < 4.78 is 0. The normalized spacial score (nSPS) is 20.0. The fourth-order valence-corrected chi connectivity index (χ4v) is 3.37. The first kappa shape index (κ1) is 16.0. The van der Waals surface area contributed by atoms with Crippen LogP contribution >= 0.6 is 0 Å². The number of rotatable bonds is 5. The predicted octanol–water partition coefficient (Wildman–Crippen LogP) is 5.58. The Kier molecular flexibility index (Phi) is 6.05. The van der Waals surface area contributed by atoms with Gasteiger partial charge in [0.25, 0.3) is 0 Å². The fraction of sp³-hybridized carbons (Fsp3) is 0.364.